The molecule has 0 radical (unpaired) electrons. The van der Waals surface area contributed by atoms with Crippen LogP contribution in [-0.4, -0.2) is 17.1 Å². The molecule has 2 aromatic rings. The van der Waals surface area contributed by atoms with Crippen LogP contribution in [0.5, 0.6) is 5.88 Å². The zero-order chi connectivity index (χ0) is 12.7. The molecular formula is C10H6Cl3FN2O. The summed E-state index contributed by atoms with van der Waals surface area (Å²) in [5, 5.41) is 0.279. The Hall–Kier alpha value is -0.840. The number of hydrogen-bond acceptors (Lipinski definition) is 3. The lowest BCUT2D eigenvalue weighted by Gasteiger charge is -2.11. The van der Waals surface area contributed by atoms with Gasteiger partial charge in [-0.15, -0.1) is 0 Å². The molecule has 0 aliphatic rings. The Morgan fingerprint density at radius 1 is 1.00 bits per heavy atom. The molecule has 0 amide bonds. The SMILES string of the molecule is COc1nc(Cl)c(F)c2c(C)c(Cl)nc(Cl)c12. The number of methoxy groups -OCH3 is 1. The van der Waals surface area contributed by atoms with E-state index in [9.17, 15) is 4.39 Å². The minimum atomic E-state index is -0.689. The molecule has 3 nitrogen and oxygen atoms in total. The fourth-order valence-electron chi connectivity index (χ4n) is 1.53. The number of pyridine rings is 2. The average molecular weight is 296 g/mol. The van der Waals surface area contributed by atoms with Gasteiger partial charge >= 0.3 is 0 Å². The van der Waals surface area contributed by atoms with Crippen molar-refractivity contribution in [3.8, 4) is 5.88 Å². The molecule has 0 saturated heterocycles. The van der Waals surface area contributed by atoms with E-state index in [1.807, 2.05) is 0 Å². The molecule has 0 aliphatic carbocycles. The second-order valence-electron chi connectivity index (χ2n) is 3.29. The topological polar surface area (TPSA) is 35.0 Å². The summed E-state index contributed by atoms with van der Waals surface area (Å²) in [5.41, 5.74) is 0.436. The molecule has 0 unspecified atom stereocenters. The second-order valence-corrected chi connectivity index (χ2v) is 4.37. The maximum atomic E-state index is 13.9. The number of fused-ring (bicyclic) bond motifs is 1. The van der Waals surface area contributed by atoms with E-state index in [0.717, 1.165) is 0 Å². The Morgan fingerprint density at radius 2 is 1.65 bits per heavy atom. The number of aryl methyl sites for hydroxylation is 1. The van der Waals surface area contributed by atoms with Gasteiger partial charge in [-0.2, -0.15) is 4.98 Å². The van der Waals surface area contributed by atoms with Crippen LogP contribution in [-0.2, 0) is 0 Å². The summed E-state index contributed by atoms with van der Waals surface area (Å²) in [6.45, 7) is 1.62. The van der Waals surface area contributed by atoms with E-state index in [1.165, 1.54) is 7.11 Å². The molecule has 0 spiro atoms. The highest BCUT2D eigenvalue weighted by Crippen LogP contribution is 2.37. The Bertz CT molecular complexity index is 610. The number of ether oxygens (including phenoxy) is 1. The lowest BCUT2D eigenvalue weighted by molar-refractivity contribution is 0.402. The van der Waals surface area contributed by atoms with Crippen molar-refractivity contribution in [3.63, 3.8) is 0 Å². The van der Waals surface area contributed by atoms with Gasteiger partial charge in [0, 0.05) is 5.39 Å². The molecule has 0 fully saturated rings. The average Bonchev–Trinajstić information content (AvgIpc) is 2.29. The van der Waals surface area contributed by atoms with Gasteiger partial charge in [0.05, 0.1) is 12.5 Å². The molecule has 0 aromatic carbocycles. The lowest BCUT2D eigenvalue weighted by Crippen LogP contribution is -1.98. The first-order valence-electron chi connectivity index (χ1n) is 4.51. The first-order valence-corrected chi connectivity index (χ1v) is 5.65. The van der Waals surface area contributed by atoms with Crippen molar-refractivity contribution in [3.05, 3.63) is 26.8 Å². The van der Waals surface area contributed by atoms with Crippen molar-refractivity contribution >= 4 is 45.6 Å². The van der Waals surface area contributed by atoms with Crippen LogP contribution >= 0.6 is 34.8 Å². The monoisotopic (exact) mass is 294 g/mol. The molecule has 0 N–H and O–H groups in total. The van der Waals surface area contributed by atoms with Crippen molar-refractivity contribution in [2.45, 2.75) is 6.92 Å². The van der Waals surface area contributed by atoms with Crippen LogP contribution in [0.3, 0.4) is 0 Å². The first kappa shape index (κ1) is 12.6. The van der Waals surface area contributed by atoms with Crippen LogP contribution in [0, 0.1) is 12.7 Å². The third kappa shape index (κ3) is 1.90. The predicted molar refractivity (Wildman–Crippen MR) is 65.8 cm³/mol. The zero-order valence-electron chi connectivity index (χ0n) is 8.81. The van der Waals surface area contributed by atoms with E-state index in [-0.39, 0.29) is 32.1 Å². The van der Waals surface area contributed by atoms with Crippen molar-refractivity contribution in [2.24, 2.45) is 0 Å². The fraction of sp³-hybridized carbons (Fsp3) is 0.200. The van der Waals surface area contributed by atoms with Crippen LogP contribution in [0.1, 0.15) is 5.56 Å². The molecule has 2 heterocycles. The fourth-order valence-corrected chi connectivity index (χ4v) is 2.19. The third-order valence-corrected chi connectivity index (χ3v) is 3.24. The molecule has 17 heavy (non-hydrogen) atoms. The molecule has 0 aliphatic heterocycles. The number of hydrogen-bond donors (Lipinski definition) is 0. The molecule has 0 atom stereocenters. The van der Waals surface area contributed by atoms with E-state index in [2.05, 4.69) is 9.97 Å². The number of aromatic nitrogens is 2. The Morgan fingerprint density at radius 3 is 2.24 bits per heavy atom. The van der Waals surface area contributed by atoms with E-state index >= 15 is 0 Å². The summed E-state index contributed by atoms with van der Waals surface area (Å²) in [6.07, 6.45) is 0. The zero-order valence-corrected chi connectivity index (χ0v) is 11.1. The third-order valence-electron chi connectivity index (χ3n) is 2.34. The van der Waals surface area contributed by atoms with Crippen molar-refractivity contribution in [1.82, 2.24) is 9.97 Å². The van der Waals surface area contributed by atoms with E-state index in [4.69, 9.17) is 39.5 Å². The molecule has 7 heteroatoms. The van der Waals surface area contributed by atoms with Crippen LogP contribution in [0.2, 0.25) is 15.5 Å². The van der Waals surface area contributed by atoms with Crippen molar-refractivity contribution in [2.75, 3.05) is 7.11 Å². The molecule has 0 bridgehead atoms. The van der Waals surface area contributed by atoms with Gasteiger partial charge < -0.3 is 4.74 Å². The number of halogens is 4. The standard InChI is InChI=1S/C10H6Cl3FN2O/c1-3-4-5(8(12)15-7(3)11)10(17-2)16-9(13)6(4)14/h1-2H3. The minimum absolute atomic E-state index is 0.0236. The summed E-state index contributed by atoms with van der Waals surface area (Å²) in [4.78, 5) is 7.63. The summed E-state index contributed by atoms with van der Waals surface area (Å²) >= 11 is 17.4. The highest BCUT2D eigenvalue weighted by atomic mass is 35.5. The van der Waals surface area contributed by atoms with Crippen molar-refractivity contribution in [1.29, 1.82) is 0 Å². The molecule has 90 valence electrons. The maximum Gasteiger partial charge on any atom is 0.225 e. The van der Waals surface area contributed by atoms with Crippen LogP contribution < -0.4 is 4.74 Å². The lowest BCUT2D eigenvalue weighted by atomic mass is 10.1. The summed E-state index contributed by atoms with van der Waals surface area (Å²) in [7, 11) is 1.39. The van der Waals surface area contributed by atoms with E-state index in [1.54, 1.807) is 6.92 Å². The largest absolute Gasteiger partial charge is 0.480 e. The Kier molecular flexibility index (Phi) is 3.30. The van der Waals surface area contributed by atoms with Gasteiger partial charge in [-0.25, -0.2) is 9.37 Å². The normalized spacial score (nSPS) is 10.9. The smallest absolute Gasteiger partial charge is 0.225 e. The van der Waals surface area contributed by atoms with E-state index < -0.39 is 5.82 Å². The van der Waals surface area contributed by atoms with Crippen LogP contribution in [0.4, 0.5) is 4.39 Å². The molecule has 0 saturated carbocycles. The van der Waals surface area contributed by atoms with Crippen LogP contribution in [0.15, 0.2) is 0 Å². The van der Waals surface area contributed by atoms with Gasteiger partial charge in [-0.1, -0.05) is 34.8 Å². The van der Waals surface area contributed by atoms with Gasteiger partial charge in [0.15, 0.2) is 11.0 Å². The highest BCUT2D eigenvalue weighted by Gasteiger charge is 2.20. The summed E-state index contributed by atoms with van der Waals surface area (Å²) in [5.74, 6) is -0.574. The minimum Gasteiger partial charge on any atom is -0.480 e. The molecule has 2 rings (SSSR count). The van der Waals surface area contributed by atoms with Crippen molar-refractivity contribution < 1.29 is 9.13 Å². The number of nitrogens with zero attached hydrogens (tertiary/aromatic N) is 2. The van der Waals surface area contributed by atoms with Gasteiger partial charge in [-0.3, -0.25) is 0 Å². The van der Waals surface area contributed by atoms with Gasteiger partial charge in [0.25, 0.3) is 0 Å². The Balaban J connectivity index is 3.08. The Labute approximate surface area is 111 Å². The van der Waals surface area contributed by atoms with Gasteiger partial charge in [0.1, 0.15) is 10.3 Å². The highest BCUT2D eigenvalue weighted by molar-refractivity contribution is 6.38. The summed E-state index contributed by atoms with van der Waals surface area (Å²) < 4.78 is 18.9. The second kappa shape index (κ2) is 4.44. The summed E-state index contributed by atoms with van der Waals surface area (Å²) in [6, 6.07) is 0. The van der Waals surface area contributed by atoms with E-state index in [0.29, 0.717) is 5.56 Å². The van der Waals surface area contributed by atoms with Crippen LogP contribution in [0.25, 0.3) is 10.8 Å². The quantitative estimate of drug-likeness (QED) is 0.745. The maximum absolute atomic E-state index is 13.9. The molecule has 2 aromatic heterocycles. The predicted octanol–water partition coefficient (Wildman–Crippen LogP) is 4.05. The van der Waals surface area contributed by atoms with Gasteiger partial charge in [-0.05, 0) is 12.5 Å². The first-order chi connectivity index (χ1) is 7.97. The molecular weight excluding hydrogens is 289 g/mol. The van der Waals surface area contributed by atoms with Gasteiger partial charge in [0.2, 0.25) is 5.88 Å². The number of rotatable bonds is 1.